The number of anilines is 1. The molecule has 5 nitrogen and oxygen atoms in total. The minimum atomic E-state index is -0.359. The van der Waals surface area contributed by atoms with Crippen molar-refractivity contribution in [2.45, 2.75) is 6.92 Å². The number of hydrogen-bond donors (Lipinski definition) is 1. The highest BCUT2D eigenvalue weighted by atomic mass is 32.2. The van der Waals surface area contributed by atoms with Crippen LogP contribution in [-0.2, 0) is 4.79 Å². The third kappa shape index (κ3) is 3.00. The van der Waals surface area contributed by atoms with Crippen LogP contribution in [0.5, 0.6) is 11.5 Å². The molecule has 0 saturated carbocycles. The van der Waals surface area contributed by atoms with Crippen molar-refractivity contribution in [2.24, 2.45) is 0 Å². The summed E-state index contributed by atoms with van der Waals surface area (Å²) in [7, 11) is 1.45. The van der Waals surface area contributed by atoms with Crippen molar-refractivity contribution < 1.29 is 19.4 Å². The van der Waals surface area contributed by atoms with Crippen LogP contribution in [0.2, 0.25) is 0 Å². The maximum absolute atomic E-state index is 12.6. The van der Waals surface area contributed by atoms with E-state index in [1.165, 1.54) is 18.1 Å². The van der Waals surface area contributed by atoms with E-state index in [0.717, 1.165) is 17.3 Å². The summed E-state index contributed by atoms with van der Waals surface area (Å²) in [5.74, 6) is -0.0354. The summed E-state index contributed by atoms with van der Waals surface area (Å²) in [6.07, 6.45) is 1.61. The molecule has 1 heterocycles. The van der Waals surface area contributed by atoms with Gasteiger partial charge in [-0.1, -0.05) is 18.2 Å². The smallest absolute Gasteiger partial charge is 0.298 e. The van der Waals surface area contributed by atoms with Gasteiger partial charge >= 0.3 is 0 Å². The van der Waals surface area contributed by atoms with Crippen LogP contribution in [0.25, 0.3) is 6.08 Å². The summed E-state index contributed by atoms with van der Waals surface area (Å²) in [5.41, 5.74) is 2.20. The molecular weight excluding hydrogens is 326 g/mol. The first kappa shape index (κ1) is 16.1. The molecule has 1 fully saturated rings. The van der Waals surface area contributed by atoms with E-state index < -0.39 is 0 Å². The molecule has 1 aliphatic heterocycles. The zero-order valence-electron chi connectivity index (χ0n) is 13.1. The predicted octanol–water partition coefficient (Wildman–Crippen LogP) is 3.95. The molecule has 2 aromatic carbocycles. The van der Waals surface area contributed by atoms with E-state index in [4.69, 9.17) is 4.74 Å². The Bertz CT molecular complexity index is 860. The quantitative estimate of drug-likeness (QED) is 0.856. The van der Waals surface area contributed by atoms with E-state index in [1.54, 1.807) is 30.3 Å². The minimum Gasteiger partial charge on any atom is -0.504 e. The first-order valence-corrected chi connectivity index (χ1v) is 8.03. The second kappa shape index (κ2) is 6.41. The van der Waals surface area contributed by atoms with E-state index in [1.807, 2.05) is 19.1 Å². The van der Waals surface area contributed by atoms with Gasteiger partial charge in [0.15, 0.2) is 11.5 Å². The fourth-order valence-electron chi connectivity index (χ4n) is 2.39. The molecule has 0 unspecified atom stereocenters. The van der Waals surface area contributed by atoms with Gasteiger partial charge in [0.25, 0.3) is 11.1 Å². The maximum Gasteiger partial charge on any atom is 0.298 e. The Kier molecular flexibility index (Phi) is 4.31. The van der Waals surface area contributed by atoms with Crippen molar-refractivity contribution in [3.63, 3.8) is 0 Å². The van der Waals surface area contributed by atoms with Crippen LogP contribution < -0.4 is 9.64 Å². The minimum absolute atomic E-state index is 0.0162. The van der Waals surface area contributed by atoms with Crippen LogP contribution in [0.1, 0.15) is 11.1 Å². The summed E-state index contributed by atoms with van der Waals surface area (Å²) in [6, 6.07) is 12.0. The van der Waals surface area contributed by atoms with Gasteiger partial charge in [0.1, 0.15) is 0 Å². The highest BCUT2D eigenvalue weighted by Crippen LogP contribution is 2.36. The molecule has 0 bridgehead atoms. The van der Waals surface area contributed by atoms with Gasteiger partial charge in [-0.2, -0.15) is 0 Å². The Hall–Kier alpha value is -2.73. The summed E-state index contributed by atoms with van der Waals surface area (Å²) in [4.78, 5) is 26.3. The third-order valence-corrected chi connectivity index (χ3v) is 4.42. The van der Waals surface area contributed by atoms with Crippen molar-refractivity contribution in [1.82, 2.24) is 0 Å². The molecule has 6 heteroatoms. The van der Waals surface area contributed by atoms with Crippen molar-refractivity contribution >= 4 is 34.7 Å². The fraction of sp³-hybridized carbons (Fsp3) is 0.111. The van der Waals surface area contributed by atoms with E-state index >= 15 is 0 Å². The second-order valence-corrected chi connectivity index (χ2v) is 6.28. The number of amides is 2. The highest BCUT2D eigenvalue weighted by molar-refractivity contribution is 8.19. The molecule has 1 aliphatic rings. The zero-order chi connectivity index (χ0) is 17.3. The molecule has 2 aromatic rings. The van der Waals surface area contributed by atoms with Gasteiger partial charge in [-0.15, -0.1) is 0 Å². The number of phenols is 1. The van der Waals surface area contributed by atoms with E-state index in [9.17, 15) is 14.7 Å². The molecule has 0 atom stereocenters. The first-order chi connectivity index (χ1) is 11.5. The van der Waals surface area contributed by atoms with Crippen LogP contribution in [0.15, 0.2) is 47.4 Å². The van der Waals surface area contributed by atoms with Crippen molar-refractivity contribution in [3.05, 3.63) is 58.5 Å². The van der Waals surface area contributed by atoms with Crippen molar-refractivity contribution in [3.8, 4) is 11.5 Å². The van der Waals surface area contributed by atoms with E-state index in [2.05, 4.69) is 0 Å². The molecule has 0 aromatic heterocycles. The molecule has 1 saturated heterocycles. The molecule has 0 spiro atoms. The highest BCUT2D eigenvalue weighted by Gasteiger charge is 2.36. The van der Waals surface area contributed by atoms with Crippen LogP contribution in [-0.4, -0.2) is 23.4 Å². The number of methoxy groups -OCH3 is 1. The SMILES string of the molecule is COc1cc(/C=C2/SC(=O)N(c3cccc(C)c3)C2=O)ccc1O. The Balaban J connectivity index is 1.94. The Morgan fingerprint density at radius 2 is 1.96 bits per heavy atom. The number of hydrogen-bond acceptors (Lipinski definition) is 5. The third-order valence-electron chi connectivity index (χ3n) is 3.56. The summed E-state index contributed by atoms with van der Waals surface area (Å²) in [5, 5.41) is 9.30. The summed E-state index contributed by atoms with van der Waals surface area (Å²) < 4.78 is 5.05. The van der Waals surface area contributed by atoms with Crippen LogP contribution in [0.3, 0.4) is 0 Å². The average molecular weight is 341 g/mol. The number of carbonyl (C=O) groups excluding carboxylic acids is 2. The number of imide groups is 1. The number of rotatable bonds is 3. The standard InChI is InChI=1S/C18H15NO4S/c1-11-4-3-5-13(8-11)19-17(21)16(24-18(19)22)10-12-6-7-14(20)15(9-12)23-2/h3-10,20H,1-2H3/b16-10+. The van der Waals surface area contributed by atoms with E-state index in [-0.39, 0.29) is 16.9 Å². The topological polar surface area (TPSA) is 66.8 Å². The lowest BCUT2D eigenvalue weighted by molar-refractivity contribution is -0.113. The second-order valence-electron chi connectivity index (χ2n) is 5.29. The maximum atomic E-state index is 12.6. The lowest BCUT2D eigenvalue weighted by atomic mass is 10.1. The molecule has 0 aliphatic carbocycles. The molecular formula is C18H15NO4S. The van der Waals surface area contributed by atoms with Gasteiger partial charge in [0.05, 0.1) is 17.7 Å². The fourth-order valence-corrected chi connectivity index (χ4v) is 3.23. The number of nitrogens with zero attached hydrogens (tertiary/aromatic N) is 1. The first-order valence-electron chi connectivity index (χ1n) is 7.21. The van der Waals surface area contributed by atoms with Crippen molar-refractivity contribution in [1.29, 1.82) is 0 Å². The average Bonchev–Trinajstić information content (AvgIpc) is 2.83. The number of aromatic hydroxyl groups is 1. The number of carbonyl (C=O) groups is 2. The monoisotopic (exact) mass is 341 g/mol. The van der Waals surface area contributed by atoms with Gasteiger partial charge in [0, 0.05) is 0 Å². The number of aryl methyl sites for hydroxylation is 1. The molecule has 3 rings (SSSR count). The summed E-state index contributed by atoms with van der Waals surface area (Å²) >= 11 is 0.890. The van der Waals surface area contributed by atoms with Crippen LogP contribution in [0.4, 0.5) is 10.5 Å². The van der Waals surface area contributed by atoms with Gasteiger partial charge < -0.3 is 9.84 Å². The lowest BCUT2D eigenvalue weighted by Crippen LogP contribution is -2.27. The number of ether oxygens (including phenoxy) is 1. The van der Waals surface area contributed by atoms with Gasteiger partial charge in [0.2, 0.25) is 0 Å². The molecule has 122 valence electrons. The Morgan fingerprint density at radius 3 is 2.67 bits per heavy atom. The van der Waals surface area contributed by atoms with Crippen LogP contribution >= 0.6 is 11.8 Å². The van der Waals surface area contributed by atoms with Gasteiger partial charge in [-0.05, 0) is 60.2 Å². The predicted molar refractivity (Wildman–Crippen MR) is 94.3 cm³/mol. The van der Waals surface area contributed by atoms with E-state index in [0.29, 0.717) is 21.9 Å². The number of phenolic OH excluding ortho intramolecular Hbond substituents is 1. The lowest BCUT2D eigenvalue weighted by Gasteiger charge is -2.12. The molecule has 0 radical (unpaired) electrons. The normalized spacial score (nSPS) is 16.1. The molecule has 24 heavy (non-hydrogen) atoms. The molecule has 2 amide bonds. The van der Waals surface area contributed by atoms with Crippen LogP contribution in [0, 0.1) is 6.92 Å². The zero-order valence-corrected chi connectivity index (χ0v) is 14.0. The van der Waals surface area contributed by atoms with Gasteiger partial charge in [-0.25, -0.2) is 4.90 Å². The number of benzene rings is 2. The Labute approximate surface area is 143 Å². The number of thioether (sulfide) groups is 1. The summed E-state index contributed by atoms with van der Waals surface area (Å²) in [6.45, 7) is 1.90. The molecule has 1 N–H and O–H groups in total. The largest absolute Gasteiger partial charge is 0.504 e. The Morgan fingerprint density at radius 1 is 1.17 bits per heavy atom. The van der Waals surface area contributed by atoms with Gasteiger partial charge in [-0.3, -0.25) is 9.59 Å². The van der Waals surface area contributed by atoms with Crippen molar-refractivity contribution in [2.75, 3.05) is 12.0 Å².